The summed E-state index contributed by atoms with van der Waals surface area (Å²) in [5, 5.41) is 9.53. The zero-order valence-corrected chi connectivity index (χ0v) is 35.9. The predicted octanol–water partition coefficient (Wildman–Crippen LogP) is 7.42. The van der Waals surface area contributed by atoms with Gasteiger partial charge in [0.25, 0.3) is 0 Å². The van der Waals surface area contributed by atoms with E-state index in [1.165, 1.54) is 83.7 Å². The van der Waals surface area contributed by atoms with Crippen molar-refractivity contribution in [1.82, 2.24) is 9.13 Å². The van der Waals surface area contributed by atoms with E-state index in [2.05, 4.69) is 153 Å². The lowest BCUT2D eigenvalue weighted by Gasteiger charge is -2.46. The maximum absolute atomic E-state index is 2.69. The number of rotatable bonds is 2. The van der Waals surface area contributed by atoms with Gasteiger partial charge in [-0.1, -0.05) is 145 Å². The number of benzene rings is 5. The smallest absolute Gasteiger partial charge is 0.240 e. The largest absolute Gasteiger partial charge is 0.313 e. The van der Waals surface area contributed by atoms with E-state index >= 15 is 0 Å². The van der Waals surface area contributed by atoms with Gasteiger partial charge in [-0.25, -0.2) is 0 Å². The molecule has 0 bridgehead atoms. The Morgan fingerprint density at radius 3 is 1.60 bits per heavy atom. The summed E-state index contributed by atoms with van der Waals surface area (Å²) in [6, 6.07) is 39.2. The predicted molar refractivity (Wildman–Crippen MR) is 243 cm³/mol. The second-order valence-electron chi connectivity index (χ2n) is 19.4. The quantitative estimate of drug-likeness (QED) is 0.163. The summed E-state index contributed by atoms with van der Waals surface area (Å²) in [6.07, 6.45) is 9.86. The lowest BCUT2D eigenvalue weighted by Crippen LogP contribution is -2.86. The molecule has 11 rings (SSSR count). The highest BCUT2D eigenvalue weighted by atomic mass is 28.3. The van der Waals surface area contributed by atoms with Gasteiger partial charge >= 0.3 is 0 Å². The Morgan fingerprint density at radius 1 is 0.509 bits per heavy atom. The van der Waals surface area contributed by atoms with Crippen LogP contribution in [0.2, 0.25) is 26.2 Å². The molecule has 2 aliphatic heterocycles. The molecule has 0 fully saturated rings. The van der Waals surface area contributed by atoms with Crippen molar-refractivity contribution in [1.29, 1.82) is 0 Å². The first-order valence-corrected chi connectivity index (χ1v) is 27.2. The van der Waals surface area contributed by atoms with Crippen LogP contribution >= 0.6 is 0 Å². The Hall–Kier alpha value is -4.32. The van der Waals surface area contributed by atoms with Crippen LogP contribution in [0.3, 0.4) is 0 Å². The molecule has 55 heavy (non-hydrogen) atoms. The molecule has 5 aromatic carbocycles. The molecule has 0 saturated heterocycles. The molecule has 2 aliphatic carbocycles. The number of para-hydroxylation sites is 2. The SMILES string of the molecule is CC(C)(C)c1cc2c3c(c1)[Si](C)(C)c1cc(-n4c5c(c6ccccc64)CCCC5)ccc1B3c1cc(-n3c4c(c5ccccc53)CCCC4)ccc1[Si]2(C)C. The van der Waals surface area contributed by atoms with Crippen LogP contribution in [-0.2, 0) is 31.1 Å². The Kier molecular flexibility index (Phi) is 7.17. The summed E-state index contributed by atoms with van der Waals surface area (Å²) < 4.78 is 5.31. The van der Waals surface area contributed by atoms with E-state index in [1.807, 2.05) is 0 Å². The lowest BCUT2D eigenvalue weighted by molar-refractivity contribution is 0.591. The van der Waals surface area contributed by atoms with Crippen LogP contribution < -0.4 is 37.1 Å². The zero-order chi connectivity index (χ0) is 37.6. The molecular formula is C50H53BN2Si2. The number of nitrogens with zero attached hydrogens (tertiary/aromatic N) is 2. The van der Waals surface area contributed by atoms with E-state index in [1.54, 1.807) is 59.7 Å². The molecule has 0 atom stereocenters. The van der Waals surface area contributed by atoms with Gasteiger partial charge in [0, 0.05) is 33.5 Å². The topological polar surface area (TPSA) is 9.86 Å². The highest BCUT2D eigenvalue weighted by Crippen LogP contribution is 2.36. The fraction of sp³-hybridized carbons (Fsp3) is 0.320. The van der Waals surface area contributed by atoms with E-state index in [0.717, 1.165) is 6.42 Å². The first-order chi connectivity index (χ1) is 26.4. The van der Waals surface area contributed by atoms with Crippen LogP contribution in [0.25, 0.3) is 33.2 Å². The number of hydrogen-bond acceptors (Lipinski definition) is 0. The minimum absolute atomic E-state index is 0.0833. The third kappa shape index (κ3) is 4.66. The third-order valence-corrected chi connectivity index (χ3v) is 21.7. The average molecular weight is 749 g/mol. The average Bonchev–Trinajstić information content (AvgIpc) is 3.70. The molecule has 0 radical (unpaired) electrons. The molecule has 7 aromatic rings. The van der Waals surface area contributed by atoms with Crippen molar-refractivity contribution in [2.75, 3.05) is 0 Å². The van der Waals surface area contributed by atoms with Crippen molar-refractivity contribution in [2.45, 2.75) is 104 Å². The van der Waals surface area contributed by atoms with Crippen LogP contribution in [0, 0.1) is 0 Å². The van der Waals surface area contributed by atoms with Crippen molar-refractivity contribution in [3.8, 4) is 11.4 Å². The van der Waals surface area contributed by atoms with Crippen LogP contribution in [0.4, 0.5) is 0 Å². The Balaban J connectivity index is 1.19. The van der Waals surface area contributed by atoms with E-state index < -0.39 is 16.1 Å². The van der Waals surface area contributed by atoms with Crippen LogP contribution in [0.1, 0.15) is 74.5 Å². The van der Waals surface area contributed by atoms with Crippen LogP contribution in [0.5, 0.6) is 0 Å². The number of aryl methyl sites for hydroxylation is 2. The summed E-state index contributed by atoms with van der Waals surface area (Å²) in [5.41, 5.74) is 18.1. The van der Waals surface area contributed by atoms with E-state index in [4.69, 9.17) is 0 Å². The van der Waals surface area contributed by atoms with Gasteiger partial charge in [0.1, 0.15) is 16.1 Å². The van der Waals surface area contributed by atoms with Crippen molar-refractivity contribution >= 4 is 81.8 Å². The highest BCUT2D eigenvalue weighted by molar-refractivity contribution is 7.21. The summed E-state index contributed by atoms with van der Waals surface area (Å²) in [7, 11) is -4.21. The molecule has 4 heterocycles. The number of hydrogen-bond donors (Lipinski definition) is 0. The van der Waals surface area contributed by atoms with E-state index in [0.29, 0.717) is 0 Å². The van der Waals surface area contributed by atoms with Gasteiger partial charge < -0.3 is 9.13 Å². The standard InChI is InChI=1S/C50H53BN2Si2/c1-50(2,3)32-28-47-49-48(29-32)55(6,7)46-31-34(53-43-22-14-10-18-37(43)38-19-11-15-23-44(38)53)24-26-39(46)51(49)40-30-33(25-27-45(40)54(47,4)5)52-41-20-12-8-16-35(41)36-17-9-13-21-42(36)52/h8,10,12,14,16,18,20,22,24-31H,9,11,13,15,17,19,21,23H2,1-7H3. The van der Waals surface area contributed by atoms with Crippen molar-refractivity contribution in [3.05, 3.63) is 125 Å². The lowest BCUT2D eigenvalue weighted by atomic mass is 9.36. The summed E-state index contributed by atoms with van der Waals surface area (Å²) >= 11 is 0. The molecule has 0 N–H and O–H groups in total. The Morgan fingerprint density at radius 2 is 1.02 bits per heavy atom. The highest BCUT2D eigenvalue weighted by Gasteiger charge is 2.50. The molecule has 0 amide bonds. The van der Waals surface area contributed by atoms with Gasteiger partial charge in [0.15, 0.2) is 0 Å². The van der Waals surface area contributed by atoms with Crippen molar-refractivity contribution < 1.29 is 0 Å². The first kappa shape index (κ1) is 34.0. The molecule has 0 saturated carbocycles. The summed E-state index contributed by atoms with van der Waals surface area (Å²) in [4.78, 5) is 0. The number of aromatic nitrogens is 2. The normalized spacial score (nSPS) is 17.8. The minimum atomic E-state index is -2.15. The van der Waals surface area contributed by atoms with Gasteiger partial charge in [0.05, 0.1) is 11.0 Å². The van der Waals surface area contributed by atoms with Gasteiger partial charge in [-0.15, -0.1) is 0 Å². The Labute approximate surface area is 329 Å². The Bertz CT molecular complexity index is 2770. The van der Waals surface area contributed by atoms with E-state index in [-0.39, 0.29) is 12.1 Å². The van der Waals surface area contributed by atoms with Gasteiger partial charge in [0.2, 0.25) is 6.71 Å². The van der Waals surface area contributed by atoms with Gasteiger partial charge in [-0.3, -0.25) is 0 Å². The van der Waals surface area contributed by atoms with E-state index in [9.17, 15) is 0 Å². The van der Waals surface area contributed by atoms with Crippen molar-refractivity contribution in [2.24, 2.45) is 0 Å². The second-order valence-corrected chi connectivity index (χ2v) is 28.1. The van der Waals surface area contributed by atoms with Gasteiger partial charge in [-0.2, -0.15) is 0 Å². The molecule has 274 valence electrons. The summed E-state index contributed by atoms with van der Waals surface area (Å²) in [6.45, 7) is 18.1. The second kappa shape index (κ2) is 11.6. The zero-order valence-electron chi connectivity index (χ0n) is 33.9. The molecule has 2 nitrogen and oxygen atoms in total. The first-order valence-electron chi connectivity index (χ1n) is 21.2. The van der Waals surface area contributed by atoms with Gasteiger partial charge in [-0.05, 0) is 110 Å². The monoisotopic (exact) mass is 748 g/mol. The third-order valence-electron chi connectivity index (χ3n) is 14.6. The minimum Gasteiger partial charge on any atom is -0.313 e. The fourth-order valence-corrected chi connectivity index (χ4v) is 18.3. The molecule has 0 unspecified atom stereocenters. The molecule has 5 heteroatoms. The summed E-state index contributed by atoms with van der Waals surface area (Å²) in [5.74, 6) is 0. The molecule has 0 spiro atoms. The molecule has 4 aliphatic rings. The fourth-order valence-electron chi connectivity index (χ4n) is 11.8. The maximum Gasteiger partial charge on any atom is 0.240 e. The maximum atomic E-state index is 2.69. The molecular weight excluding hydrogens is 696 g/mol. The number of fused-ring (bicyclic) bond motifs is 10. The van der Waals surface area contributed by atoms with Crippen LogP contribution in [-0.4, -0.2) is 32.0 Å². The molecule has 2 aromatic heterocycles. The van der Waals surface area contributed by atoms with Crippen LogP contribution in [0.15, 0.2) is 97.1 Å². The van der Waals surface area contributed by atoms with Crippen molar-refractivity contribution in [3.63, 3.8) is 0 Å².